The highest BCUT2D eigenvalue weighted by Gasteiger charge is 2.07. The largest absolute Gasteiger partial charge is 0.313 e. The molecule has 0 amide bonds. The summed E-state index contributed by atoms with van der Waals surface area (Å²) in [5.41, 5.74) is 0. The summed E-state index contributed by atoms with van der Waals surface area (Å²) in [6.07, 6.45) is 6.17. The molecule has 4 nitrogen and oxygen atoms in total. The van der Waals surface area contributed by atoms with E-state index in [9.17, 15) is 8.42 Å². The Morgan fingerprint density at radius 2 is 1.88 bits per heavy atom. The van der Waals surface area contributed by atoms with E-state index in [2.05, 4.69) is 23.9 Å². The lowest BCUT2D eigenvalue weighted by molar-refractivity contribution is 0.492. The third-order valence-corrected chi connectivity index (χ3v) is 4.03. The summed E-state index contributed by atoms with van der Waals surface area (Å²) in [6.45, 7) is 4.83. The van der Waals surface area contributed by atoms with Gasteiger partial charge in [0.15, 0.2) is 0 Å². The van der Waals surface area contributed by atoms with Crippen molar-refractivity contribution in [3.63, 3.8) is 0 Å². The quantitative estimate of drug-likeness (QED) is 0.577. The van der Waals surface area contributed by atoms with Crippen molar-refractivity contribution in [2.45, 2.75) is 52.0 Å². The van der Waals surface area contributed by atoms with Crippen molar-refractivity contribution in [1.29, 1.82) is 0 Å². The third kappa shape index (κ3) is 9.12. The molecule has 0 fully saturated rings. The number of hydrogen-bond donors (Lipinski definition) is 2. The van der Waals surface area contributed by atoms with Crippen LogP contribution in [0, 0.1) is 0 Å². The number of rotatable bonds is 10. The molecule has 0 rings (SSSR count). The van der Waals surface area contributed by atoms with E-state index in [1.165, 1.54) is 32.7 Å². The first-order valence-corrected chi connectivity index (χ1v) is 7.81. The number of sulfonamides is 1. The standard InChI is InChI=1S/C11H26N2O2S/c1-4-5-6-7-8-11(2)13-9-10-16(14,15)12-3/h11-13H,4-10H2,1-3H3. The minimum Gasteiger partial charge on any atom is -0.313 e. The summed E-state index contributed by atoms with van der Waals surface area (Å²) in [4.78, 5) is 0. The van der Waals surface area contributed by atoms with Crippen molar-refractivity contribution in [2.24, 2.45) is 0 Å². The molecule has 98 valence electrons. The first kappa shape index (κ1) is 15.9. The zero-order valence-corrected chi connectivity index (χ0v) is 11.6. The zero-order chi connectivity index (χ0) is 12.4. The Morgan fingerprint density at radius 1 is 1.19 bits per heavy atom. The van der Waals surface area contributed by atoms with Gasteiger partial charge in [0.25, 0.3) is 0 Å². The van der Waals surface area contributed by atoms with Gasteiger partial charge < -0.3 is 5.32 Å². The van der Waals surface area contributed by atoms with Crippen LogP contribution in [0.5, 0.6) is 0 Å². The van der Waals surface area contributed by atoms with E-state index in [1.807, 2.05) is 0 Å². The second kappa shape index (κ2) is 8.96. The van der Waals surface area contributed by atoms with Crippen molar-refractivity contribution in [3.8, 4) is 0 Å². The smallest absolute Gasteiger partial charge is 0.212 e. The maximum absolute atomic E-state index is 11.1. The molecule has 0 radical (unpaired) electrons. The average Bonchev–Trinajstić information content (AvgIpc) is 2.24. The maximum Gasteiger partial charge on any atom is 0.212 e. The number of hydrogen-bond acceptors (Lipinski definition) is 3. The van der Waals surface area contributed by atoms with Crippen molar-refractivity contribution < 1.29 is 8.42 Å². The first-order chi connectivity index (χ1) is 7.52. The Kier molecular flexibility index (Phi) is 8.89. The van der Waals surface area contributed by atoms with Crippen molar-refractivity contribution >= 4 is 10.0 Å². The SMILES string of the molecule is CCCCCCC(C)NCCS(=O)(=O)NC. The highest BCUT2D eigenvalue weighted by atomic mass is 32.2. The monoisotopic (exact) mass is 250 g/mol. The van der Waals surface area contributed by atoms with E-state index in [4.69, 9.17) is 0 Å². The van der Waals surface area contributed by atoms with Crippen LogP contribution in [-0.2, 0) is 10.0 Å². The molecular weight excluding hydrogens is 224 g/mol. The summed E-state index contributed by atoms with van der Waals surface area (Å²) in [7, 11) is -1.61. The van der Waals surface area contributed by atoms with Gasteiger partial charge in [-0.1, -0.05) is 32.6 Å². The van der Waals surface area contributed by atoms with Crippen LogP contribution >= 0.6 is 0 Å². The van der Waals surface area contributed by atoms with Gasteiger partial charge in [-0.3, -0.25) is 0 Å². The molecule has 0 bridgehead atoms. The van der Waals surface area contributed by atoms with Crippen molar-refractivity contribution in [3.05, 3.63) is 0 Å². The number of unbranched alkanes of at least 4 members (excludes halogenated alkanes) is 3. The van der Waals surface area contributed by atoms with Gasteiger partial charge in [0, 0.05) is 12.6 Å². The predicted octanol–water partition coefficient (Wildman–Crippen LogP) is 1.48. The van der Waals surface area contributed by atoms with E-state index >= 15 is 0 Å². The van der Waals surface area contributed by atoms with Gasteiger partial charge in [-0.05, 0) is 20.4 Å². The van der Waals surface area contributed by atoms with E-state index in [0.29, 0.717) is 12.6 Å². The minimum absolute atomic E-state index is 0.156. The fourth-order valence-electron chi connectivity index (χ4n) is 1.52. The molecular formula is C11H26N2O2S. The Labute approximate surface area is 100 Å². The summed E-state index contributed by atoms with van der Waals surface area (Å²) in [5.74, 6) is 0.156. The van der Waals surface area contributed by atoms with Gasteiger partial charge in [0.05, 0.1) is 5.75 Å². The first-order valence-electron chi connectivity index (χ1n) is 6.16. The highest BCUT2D eigenvalue weighted by Crippen LogP contribution is 2.04. The lowest BCUT2D eigenvalue weighted by Crippen LogP contribution is -2.34. The Bertz CT molecular complexity index is 253. The normalized spacial score (nSPS) is 13.9. The fraction of sp³-hybridized carbons (Fsp3) is 1.00. The van der Waals surface area contributed by atoms with Gasteiger partial charge in [-0.2, -0.15) is 0 Å². The number of nitrogens with one attached hydrogen (secondary N) is 2. The maximum atomic E-state index is 11.1. The molecule has 1 unspecified atom stereocenters. The second-order valence-corrected chi connectivity index (χ2v) is 6.27. The molecule has 0 aliphatic carbocycles. The van der Waals surface area contributed by atoms with Crippen LogP contribution in [0.2, 0.25) is 0 Å². The Hall–Kier alpha value is -0.130. The molecule has 0 aromatic carbocycles. The summed E-state index contributed by atoms with van der Waals surface area (Å²) < 4.78 is 24.6. The summed E-state index contributed by atoms with van der Waals surface area (Å²) in [6, 6.07) is 0.406. The van der Waals surface area contributed by atoms with E-state index in [-0.39, 0.29) is 5.75 Å². The average molecular weight is 250 g/mol. The van der Waals surface area contributed by atoms with Gasteiger partial charge >= 0.3 is 0 Å². The van der Waals surface area contributed by atoms with Crippen LogP contribution in [0.25, 0.3) is 0 Å². The molecule has 0 spiro atoms. The molecule has 1 atom stereocenters. The molecule has 16 heavy (non-hydrogen) atoms. The van der Waals surface area contributed by atoms with Gasteiger partial charge in [0.1, 0.15) is 0 Å². The predicted molar refractivity (Wildman–Crippen MR) is 69.1 cm³/mol. The van der Waals surface area contributed by atoms with Crippen LogP contribution < -0.4 is 10.0 Å². The molecule has 0 aliphatic rings. The summed E-state index contributed by atoms with van der Waals surface area (Å²) in [5, 5.41) is 3.23. The second-order valence-electron chi connectivity index (χ2n) is 4.23. The van der Waals surface area contributed by atoms with Crippen LogP contribution in [0.3, 0.4) is 0 Å². The lowest BCUT2D eigenvalue weighted by Gasteiger charge is -2.13. The molecule has 0 heterocycles. The van der Waals surface area contributed by atoms with Crippen LogP contribution in [0.15, 0.2) is 0 Å². The Morgan fingerprint density at radius 3 is 2.44 bits per heavy atom. The molecule has 0 saturated heterocycles. The molecule has 0 aromatic heterocycles. The lowest BCUT2D eigenvalue weighted by atomic mass is 10.1. The van der Waals surface area contributed by atoms with Crippen LogP contribution in [-0.4, -0.2) is 33.8 Å². The van der Waals surface area contributed by atoms with Crippen molar-refractivity contribution in [2.75, 3.05) is 19.3 Å². The zero-order valence-electron chi connectivity index (χ0n) is 10.8. The molecule has 0 aliphatic heterocycles. The molecule has 5 heteroatoms. The minimum atomic E-state index is -3.06. The fourth-order valence-corrected chi connectivity index (χ4v) is 2.11. The third-order valence-electron chi connectivity index (χ3n) is 2.67. The summed E-state index contributed by atoms with van der Waals surface area (Å²) >= 11 is 0. The van der Waals surface area contributed by atoms with E-state index in [1.54, 1.807) is 0 Å². The highest BCUT2D eigenvalue weighted by molar-refractivity contribution is 7.89. The van der Waals surface area contributed by atoms with Gasteiger partial charge in [-0.25, -0.2) is 13.1 Å². The van der Waals surface area contributed by atoms with Gasteiger partial charge in [-0.15, -0.1) is 0 Å². The van der Waals surface area contributed by atoms with E-state index < -0.39 is 10.0 Å². The van der Waals surface area contributed by atoms with E-state index in [0.717, 1.165) is 6.42 Å². The van der Waals surface area contributed by atoms with Crippen LogP contribution in [0.4, 0.5) is 0 Å². The van der Waals surface area contributed by atoms with Crippen molar-refractivity contribution in [1.82, 2.24) is 10.0 Å². The van der Waals surface area contributed by atoms with Gasteiger partial charge in [0.2, 0.25) is 10.0 Å². The molecule has 2 N–H and O–H groups in total. The topological polar surface area (TPSA) is 58.2 Å². The Balaban J connectivity index is 3.47. The van der Waals surface area contributed by atoms with Crippen LogP contribution in [0.1, 0.15) is 46.0 Å². The molecule has 0 saturated carbocycles. The molecule has 0 aromatic rings.